The lowest BCUT2D eigenvalue weighted by Crippen LogP contribution is -2.13. The molecule has 0 atom stereocenters. The topological polar surface area (TPSA) is 0 Å². The van der Waals surface area contributed by atoms with E-state index in [2.05, 4.69) is 26.5 Å². The SMILES string of the molecule is C=C/C(=C\C)C1CCC(C)CC1.CC.CC. The summed E-state index contributed by atoms with van der Waals surface area (Å²) in [5, 5.41) is 0. The minimum absolute atomic E-state index is 0.809. The highest BCUT2D eigenvalue weighted by Crippen LogP contribution is 2.33. The first-order valence-electron chi connectivity index (χ1n) is 7.06. The highest BCUT2D eigenvalue weighted by atomic mass is 14.2. The zero-order valence-corrected chi connectivity index (χ0v) is 12.3. The standard InChI is InChI=1S/C12H20.2C2H6/c1-4-11(5-2)12-8-6-10(3)7-9-12;2*1-2/h4-5,10,12H,1,6-9H2,2-3H3;2*1-2H3/b11-5+;;. The summed E-state index contributed by atoms with van der Waals surface area (Å²) in [6.45, 7) is 16.3. The van der Waals surface area contributed by atoms with Crippen LogP contribution in [0.3, 0.4) is 0 Å². The largest absolute Gasteiger partial charge is 0.0988 e. The van der Waals surface area contributed by atoms with Gasteiger partial charge in [-0.1, -0.05) is 66.2 Å². The second kappa shape index (κ2) is 12.5. The van der Waals surface area contributed by atoms with Gasteiger partial charge < -0.3 is 0 Å². The second-order valence-electron chi connectivity index (χ2n) is 3.95. The summed E-state index contributed by atoms with van der Waals surface area (Å²) in [6.07, 6.45) is 9.78. The molecule has 0 aromatic heterocycles. The fourth-order valence-electron chi connectivity index (χ4n) is 2.11. The molecule has 0 heterocycles. The van der Waals surface area contributed by atoms with Crippen molar-refractivity contribution >= 4 is 0 Å². The molecular weight excluding hydrogens is 192 g/mol. The second-order valence-corrected chi connectivity index (χ2v) is 3.95. The van der Waals surface area contributed by atoms with Crippen LogP contribution in [0.1, 0.15) is 67.2 Å². The fourth-order valence-corrected chi connectivity index (χ4v) is 2.11. The average molecular weight is 224 g/mol. The number of allylic oxidation sites excluding steroid dienone is 3. The number of hydrogen-bond donors (Lipinski definition) is 0. The Hall–Kier alpha value is -0.520. The Morgan fingerprint density at radius 3 is 1.75 bits per heavy atom. The summed E-state index contributed by atoms with van der Waals surface area (Å²) in [5.41, 5.74) is 1.46. The molecule has 16 heavy (non-hydrogen) atoms. The van der Waals surface area contributed by atoms with Crippen molar-refractivity contribution in [2.24, 2.45) is 11.8 Å². The number of hydrogen-bond acceptors (Lipinski definition) is 0. The molecule has 1 saturated carbocycles. The molecule has 1 rings (SSSR count). The molecule has 0 unspecified atom stereocenters. The highest BCUT2D eigenvalue weighted by Gasteiger charge is 2.19. The molecule has 0 nitrogen and oxygen atoms in total. The van der Waals surface area contributed by atoms with Gasteiger partial charge in [-0.2, -0.15) is 0 Å². The molecule has 0 aromatic rings. The van der Waals surface area contributed by atoms with Crippen LogP contribution >= 0.6 is 0 Å². The predicted octanol–water partition coefficient (Wildman–Crippen LogP) is 6.00. The Morgan fingerprint density at radius 2 is 1.44 bits per heavy atom. The predicted molar refractivity (Wildman–Crippen MR) is 77.8 cm³/mol. The van der Waals surface area contributed by atoms with E-state index in [1.807, 2.05) is 33.8 Å². The zero-order valence-electron chi connectivity index (χ0n) is 12.3. The lowest BCUT2D eigenvalue weighted by Gasteiger charge is -2.26. The molecule has 0 spiro atoms. The maximum atomic E-state index is 3.86. The van der Waals surface area contributed by atoms with Crippen LogP contribution in [0.15, 0.2) is 24.3 Å². The Morgan fingerprint density at radius 1 is 1.00 bits per heavy atom. The monoisotopic (exact) mass is 224 g/mol. The maximum Gasteiger partial charge on any atom is -0.0165 e. The molecule has 96 valence electrons. The van der Waals surface area contributed by atoms with Gasteiger partial charge in [0.2, 0.25) is 0 Å². The van der Waals surface area contributed by atoms with Crippen molar-refractivity contribution in [3.05, 3.63) is 24.3 Å². The minimum atomic E-state index is 0.809. The Balaban J connectivity index is 0. The summed E-state index contributed by atoms with van der Waals surface area (Å²) in [5.74, 6) is 1.76. The maximum absolute atomic E-state index is 3.86. The minimum Gasteiger partial charge on any atom is -0.0988 e. The molecule has 0 amide bonds. The summed E-state index contributed by atoms with van der Waals surface area (Å²) >= 11 is 0. The summed E-state index contributed by atoms with van der Waals surface area (Å²) < 4.78 is 0. The van der Waals surface area contributed by atoms with E-state index < -0.39 is 0 Å². The van der Waals surface area contributed by atoms with Crippen LogP contribution in [0, 0.1) is 11.8 Å². The van der Waals surface area contributed by atoms with Crippen molar-refractivity contribution in [1.29, 1.82) is 0 Å². The van der Waals surface area contributed by atoms with Gasteiger partial charge in [0.15, 0.2) is 0 Å². The van der Waals surface area contributed by atoms with E-state index in [1.54, 1.807) is 0 Å². The summed E-state index contributed by atoms with van der Waals surface area (Å²) in [4.78, 5) is 0. The first kappa shape index (κ1) is 17.9. The van der Waals surface area contributed by atoms with Gasteiger partial charge in [-0.15, -0.1) is 0 Å². The average Bonchev–Trinajstić information content (AvgIpc) is 2.38. The van der Waals surface area contributed by atoms with Crippen molar-refractivity contribution in [2.45, 2.75) is 67.2 Å². The lowest BCUT2D eigenvalue weighted by atomic mass is 9.79. The summed E-state index contributed by atoms with van der Waals surface area (Å²) in [6, 6.07) is 0. The summed E-state index contributed by atoms with van der Waals surface area (Å²) in [7, 11) is 0. The highest BCUT2D eigenvalue weighted by molar-refractivity contribution is 5.19. The lowest BCUT2D eigenvalue weighted by molar-refractivity contribution is 0.323. The van der Waals surface area contributed by atoms with Crippen LogP contribution in [0.2, 0.25) is 0 Å². The first-order valence-corrected chi connectivity index (χ1v) is 7.06. The third kappa shape index (κ3) is 6.87. The molecule has 0 N–H and O–H groups in total. The van der Waals surface area contributed by atoms with E-state index in [9.17, 15) is 0 Å². The zero-order chi connectivity index (χ0) is 13.0. The molecule has 0 bridgehead atoms. The van der Waals surface area contributed by atoms with Crippen LogP contribution in [0.25, 0.3) is 0 Å². The van der Waals surface area contributed by atoms with Gasteiger partial charge in [0.05, 0.1) is 0 Å². The van der Waals surface area contributed by atoms with Crippen molar-refractivity contribution in [1.82, 2.24) is 0 Å². The molecule has 0 saturated heterocycles. The van der Waals surface area contributed by atoms with Crippen LogP contribution in [0.5, 0.6) is 0 Å². The van der Waals surface area contributed by atoms with E-state index in [4.69, 9.17) is 0 Å². The first-order chi connectivity index (χ1) is 7.77. The van der Waals surface area contributed by atoms with Crippen LogP contribution in [-0.4, -0.2) is 0 Å². The van der Waals surface area contributed by atoms with Crippen molar-refractivity contribution in [3.63, 3.8) is 0 Å². The van der Waals surface area contributed by atoms with Crippen LogP contribution in [0.4, 0.5) is 0 Å². The van der Waals surface area contributed by atoms with Crippen molar-refractivity contribution in [2.75, 3.05) is 0 Å². The van der Waals surface area contributed by atoms with Crippen molar-refractivity contribution in [3.8, 4) is 0 Å². The molecule has 0 aromatic carbocycles. The quantitative estimate of drug-likeness (QED) is 0.505. The smallest absolute Gasteiger partial charge is 0.0165 e. The van der Waals surface area contributed by atoms with Crippen LogP contribution in [-0.2, 0) is 0 Å². The molecule has 1 aliphatic carbocycles. The van der Waals surface area contributed by atoms with Crippen molar-refractivity contribution < 1.29 is 0 Å². The van der Waals surface area contributed by atoms with Gasteiger partial charge >= 0.3 is 0 Å². The van der Waals surface area contributed by atoms with E-state index in [1.165, 1.54) is 31.3 Å². The van der Waals surface area contributed by atoms with Crippen LogP contribution < -0.4 is 0 Å². The fraction of sp³-hybridized carbons (Fsp3) is 0.750. The Kier molecular flexibility index (Phi) is 14.0. The van der Waals surface area contributed by atoms with E-state index in [-0.39, 0.29) is 0 Å². The Labute approximate surface area is 104 Å². The molecule has 0 heteroatoms. The third-order valence-electron chi connectivity index (χ3n) is 3.06. The molecule has 0 aliphatic heterocycles. The van der Waals surface area contributed by atoms with Gasteiger partial charge in [0.25, 0.3) is 0 Å². The van der Waals surface area contributed by atoms with E-state index in [0.717, 1.165) is 11.8 Å². The van der Waals surface area contributed by atoms with Gasteiger partial charge in [-0.05, 0) is 37.2 Å². The van der Waals surface area contributed by atoms with Gasteiger partial charge in [-0.3, -0.25) is 0 Å². The van der Waals surface area contributed by atoms with E-state index in [0.29, 0.717) is 0 Å². The van der Waals surface area contributed by atoms with E-state index >= 15 is 0 Å². The Bertz CT molecular complexity index is 168. The van der Waals surface area contributed by atoms with Gasteiger partial charge in [0, 0.05) is 0 Å². The normalized spacial score (nSPS) is 24.5. The molecule has 1 fully saturated rings. The molecular formula is C16H32. The molecule has 1 aliphatic rings. The third-order valence-corrected chi connectivity index (χ3v) is 3.06. The molecule has 0 radical (unpaired) electrons. The van der Waals surface area contributed by atoms with Gasteiger partial charge in [-0.25, -0.2) is 0 Å². The van der Waals surface area contributed by atoms with Gasteiger partial charge in [0.1, 0.15) is 0 Å². The number of rotatable bonds is 2.